The summed E-state index contributed by atoms with van der Waals surface area (Å²) in [7, 11) is 3.22. The number of aromatic nitrogens is 2. The number of ether oxygens (including phenoxy) is 3. The quantitative estimate of drug-likeness (QED) is 0.410. The molecule has 0 atom stereocenters. The highest BCUT2D eigenvalue weighted by Crippen LogP contribution is 2.34. The number of amides is 1. The minimum absolute atomic E-state index is 0.0536. The van der Waals surface area contributed by atoms with E-state index in [1.165, 1.54) is 19.3 Å². The highest BCUT2D eigenvalue weighted by atomic mass is 16.5. The summed E-state index contributed by atoms with van der Waals surface area (Å²) in [5.74, 6) is 2.44. The minimum Gasteiger partial charge on any atom is -0.497 e. The SMILES string of the molecule is COc1cc(Nc2ncc(-c3ccc(C(=O)NC4CC4)cc3OC3CCCCC3)cn2)cc(OC)c1. The van der Waals surface area contributed by atoms with Gasteiger partial charge in [-0.05, 0) is 56.7 Å². The number of nitrogens with one attached hydrogen (secondary N) is 2. The van der Waals surface area contributed by atoms with E-state index >= 15 is 0 Å². The number of carbonyl (C=O) groups is 1. The Morgan fingerprint density at radius 1 is 0.889 bits per heavy atom. The molecule has 0 aliphatic heterocycles. The monoisotopic (exact) mass is 488 g/mol. The Labute approximate surface area is 211 Å². The summed E-state index contributed by atoms with van der Waals surface area (Å²) >= 11 is 0. The zero-order valence-electron chi connectivity index (χ0n) is 20.8. The van der Waals surface area contributed by atoms with Crippen LogP contribution in [-0.2, 0) is 0 Å². The third kappa shape index (κ3) is 5.87. The number of carbonyl (C=O) groups excluding carboxylic acids is 1. The highest BCUT2D eigenvalue weighted by molar-refractivity contribution is 5.96. The van der Waals surface area contributed by atoms with E-state index in [9.17, 15) is 4.79 Å². The molecule has 8 heteroatoms. The van der Waals surface area contributed by atoms with Gasteiger partial charge in [-0.3, -0.25) is 4.79 Å². The van der Waals surface area contributed by atoms with Crippen LogP contribution < -0.4 is 24.8 Å². The van der Waals surface area contributed by atoms with Gasteiger partial charge in [0.1, 0.15) is 17.2 Å². The van der Waals surface area contributed by atoms with Crippen LogP contribution in [0.15, 0.2) is 48.8 Å². The lowest BCUT2D eigenvalue weighted by Gasteiger charge is -2.24. The molecule has 8 nitrogen and oxygen atoms in total. The lowest BCUT2D eigenvalue weighted by Crippen LogP contribution is -2.25. The summed E-state index contributed by atoms with van der Waals surface area (Å²) in [4.78, 5) is 21.7. The van der Waals surface area contributed by atoms with Crippen molar-refractivity contribution in [2.75, 3.05) is 19.5 Å². The second kappa shape index (κ2) is 10.8. The molecule has 2 aliphatic rings. The summed E-state index contributed by atoms with van der Waals surface area (Å²) in [5.41, 5.74) is 3.07. The van der Waals surface area contributed by atoms with Gasteiger partial charge in [0.2, 0.25) is 5.95 Å². The molecule has 1 aromatic heterocycles. The first kappa shape index (κ1) is 23.9. The Morgan fingerprint density at radius 2 is 1.58 bits per heavy atom. The van der Waals surface area contributed by atoms with Crippen LogP contribution in [0.1, 0.15) is 55.3 Å². The molecule has 0 radical (unpaired) electrons. The second-order valence-corrected chi connectivity index (χ2v) is 9.36. The zero-order valence-corrected chi connectivity index (χ0v) is 20.8. The molecule has 2 aliphatic carbocycles. The zero-order chi connectivity index (χ0) is 24.9. The van der Waals surface area contributed by atoms with Crippen LogP contribution in [0.2, 0.25) is 0 Å². The largest absolute Gasteiger partial charge is 0.497 e. The summed E-state index contributed by atoms with van der Waals surface area (Å²) < 4.78 is 17.1. The van der Waals surface area contributed by atoms with Gasteiger partial charge in [-0.15, -0.1) is 0 Å². The molecule has 1 heterocycles. The van der Waals surface area contributed by atoms with Crippen molar-refractivity contribution in [3.05, 3.63) is 54.4 Å². The molecule has 0 saturated heterocycles. The lowest BCUT2D eigenvalue weighted by molar-refractivity contribution is 0.0949. The van der Waals surface area contributed by atoms with Gasteiger partial charge in [-0.1, -0.05) is 6.42 Å². The molecule has 0 spiro atoms. The molecule has 36 heavy (non-hydrogen) atoms. The average Bonchev–Trinajstić information content (AvgIpc) is 3.73. The number of benzene rings is 2. The maximum absolute atomic E-state index is 12.7. The van der Waals surface area contributed by atoms with Crippen LogP contribution in [-0.4, -0.2) is 42.2 Å². The molecule has 0 bridgehead atoms. The standard InChI is InChI=1S/C28H32N4O4/c1-34-23-13-21(14-24(15-23)35-2)32-28-29-16-19(17-30-28)25-11-8-18(27(33)31-20-9-10-20)12-26(25)36-22-6-4-3-5-7-22/h8,11-17,20,22H,3-7,9-10H2,1-2H3,(H,31,33)(H,29,30,32). The first-order chi connectivity index (χ1) is 17.6. The predicted molar refractivity (Wildman–Crippen MR) is 138 cm³/mol. The van der Waals surface area contributed by atoms with Gasteiger partial charge >= 0.3 is 0 Å². The molecular weight excluding hydrogens is 456 g/mol. The Bertz CT molecular complexity index is 1180. The number of hydrogen-bond acceptors (Lipinski definition) is 7. The first-order valence-corrected chi connectivity index (χ1v) is 12.6. The van der Waals surface area contributed by atoms with Crippen LogP contribution in [0.3, 0.4) is 0 Å². The third-order valence-corrected chi connectivity index (χ3v) is 6.57. The van der Waals surface area contributed by atoms with E-state index in [4.69, 9.17) is 14.2 Å². The molecule has 3 aromatic rings. The normalized spacial score (nSPS) is 15.7. The summed E-state index contributed by atoms with van der Waals surface area (Å²) in [6.07, 6.45) is 11.4. The van der Waals surface area contributed by atoms with E-state index in [0.29, 0.717) is 34.8 Å². The molecule has 1 amide bonds. The number of nitrogens with zero attached hydrogens (tertiary/aromatic N) is 2. The maximum Gasteiger partial charge on any atom is 0.251 e. The van der Waals surface area contributed by atoms with Crippen LogP contribution in [0.25, 0.3) is 11.1 Å². The first-order valence-electron chi connectivity index (χ1n) is 12.6. The van der Waals surface area contributed by atoms with Gasteiger partial charge in [0, 0.05) is 59.0 Å². The second-order valence-electron chi connectivity index (χ2n) is 9.36. The Hall–Kier alpha value is -3.81. The molecule has 5 rings (SSSR count). The van der Waals surface area contributed by atoms with Crippen molar-refractivity contribution in [1.29, 1.82) is 0 Å². The topological polar surface area (TPSA) is 94.6 Å². The van der Waals surface area contributed by atoms with E-state index < -0.39 is 0 Å². The maximum atomic E-state index is 12.7. The van der Waals surface area contributed by atoms with Crippen molar-refractivity contribution < 1.29 is 19.0 Å². The number of anilines is 2. The van der Waals surface area contributed by atoms with E-state index in [2.05, 4.69) is 20.6 Å². The fraction of sp³-hybridized carbons (Fsp3) is 0.393. The van der Waals surface area contributed by atoms with E-state index in [1.54, 1.807) is 32.7 Å². The summed E-state index contributed by atoms with van der Waals surface area (Å²) in [5, 5.41) is 6.26. The van der Waals surface area contributed by atoms with Crippen molar-refractivity contribution in [2.45, 2.75) is 57.1 Å². The Morgan fingerprint density at radius 3 is 2.22 bits per heavy atom. The van der Waals surface area contributed by atoms with Gasteiger partial charge in [-0.2, -0.15) is 0 Å². The number of rotatable bonds is 9. The summed E-state index contributed by atoms with van der Waals surface area (Å²) in [6.45, 7) is 0. The van der Waals surface area contributed by atoms with Gasteiger partial charge in [0.05, 0.1) is 20.3 Å². The van der Waals surface area contributed by atoms with Crippen LogP contribution in [0.4, 0.5) is 11.6 Å². The Balaban J connectivity index is 1.38. The van der Waals surface area contributed by atoms with Gasteiger partial charge in [0.15, 0.2) is 0 Å². The van der Waals surface area contributed by atoms with Crippen LogP contribution in [0, 0.1) is 0 Å². The van der Waals surface area contributed by atoms with Gasteiger partial charge < -0.3 is 24.8 Å². The number of methoxy groups -OCH3 is 2. The molecule has 2 saturated carbocycles. The van der Waals surface area contributed by atoms with Crippen molar-refractivity contribution >= 4 is 17.5 Å². The highest BCUT2D eigenvalue weighted by Gasteiger charge is 2.25. The molecule has 2 aromatic carbocycles. The predicted octanol–water partition coefficient (Wildman–Crippen LogP) is 5.51. The summed E-state index contributed by atoms with van der Waals surface area (Å²) in [6, 6.07) is 11.4. The number of hydrogen-bond donors (Lipinski definition) is 2. The molecule has 0 unspecified atom stereocenters. The molecule has 2 N–H and O–H groups in total. The smallest absolute Gasteiger partial charge is 0.251 e. The molecular formula is C28H32N4O4. The lowest BCUT2D eigenvalue weighted by atomic mass is 9.97. The van der Waals surface area contributed by atoms with E-state index in [1.807, 2.05) is 30.3 Å². The van der Waals surface area contributed by atoms with Gasteiger partial charge in [0.25, 0.3) is 5.91 Å². The Kier molecular flexibility index (Phi) is 7.21. The fourth-order valence-electron chi connectivity index (χ4n) is 4.40. The average molecular weight is 489 g/mol. The van der Waals surface area contributed by atoms with Crippen molar-refractivity contribution in [2.24, 2.45) is 0 Å². The minimum atomic E-state index is -0.0536. The third-order valence-electron chi connectivity index (χ3n) is 6.57. The van der Waals surface area contributed by atoms with Gasteiger partial charge in [-0.25, -0.2) is 9.97 Å². The molecule has 2 fully saturated rings. The fourth-order valence-corrected chi connectivity index (χ4v) is 4.40. The van der Waals surface area contributed by atoms with E-state index in [-0.39, 0.29) is 12.0 Å². The van der Waals surface area contributed by atoms with E-state index in [0.717, 1.165) is 42.5 Å². The van der Waals surface area contributed by atoms with Crippen molar-refractivity contribution in [3.8, 4) is 28.4 Å². The van der Waals surface area contributed by atoms with Crippen LogP contribution in [0.5, 0.6) is 17.2 Å². The molecule has 188 valence electrons. The van der Waals surface area contributed by atoms with Crippen LogP contribution >= 0.6 is 0 Å². The van der Waals surface area contributed by atoms with Crippen molar-refractivity contribution in [3.63, 3.8) is 0 Å². The van der Waals surface area contributed by atoms with Crippen molar-refractivity contribution in [1.82, 2.24) is 15.3 Å².